The Labute approximate surface area is 118 Å². The molecular weight excluding hydrogens is 258 g/mol. The van der Waals surface area contributed by atoms with E-state index in [1.165, 1.54) is 6.07 Å². The molecule has 0 aliphatic heterocycles. The molecule has 0 fully saturated rings. The van der Waals surface area contributed by atoms with Crippen LogP contribution in [0.1, 0.15) is 52.8 Å². The Kier molecular flexibility index (Phi) is 4.92. The number of nitrogens with zero attached hydrogens (tertiary/aromatic N) is 1. The van der Waals surface area contributed by atoms with Crippen molar-refractivity contribution < 1.29 is 9.90 Å². The van der Waals surface area contributed by atoms with Crippen LogP contribution in [0.4, 0.5) is 5.82 Å². The molecular formula is C14H23N3O3. The van der Waals surface area contributed by atoms with E-state index in [-0.39, 0.29) is 29.4 Å². The van der Waals surface area contributed by atoms with Gasteiger partial charge in [-0.1, -0.05) is 34.6 Å². The highest BCUT2D eigenvalue weighted by Gasteiger charge is 2.27. The maximum absolute atomic E-state index is 11.6. The normalized spacial score (nSPS) is 13.3. The van der Waals surface area contributed by atoms with Crippen LogP contribution in [0.5, 0.6) is 0 Å². The van der Waals surface area contributed by atoms with E-state index >= 15 is 0 Å². The maximum atomic E-state index is 11.6. The molecule has 3 N–H and O–H groups in total. The van der Waals surface area contributed by atoms with Crippen molar-refractivity contribution in [3.8, 4) is 0 Å². The van der Waals surface area contributed by atoms with Crippen LogP contribution in [-0.4, -0.2) is 27.1 Å². The van der Waals surface area contributed by atoms with Gasteiger partial charge in [-0.3, -0.25) is 9.59 Å². The summed E-state index contributed by atoms with van der Waals surface area (Å²) in [6, 6.07) is 1.04. The third-order valence-corrected chi connectivity index (χ3v) is 3.05. The smallest absolute Gasteiger partial charge is 0.305 e. The fraction of sp³-hybridized carbons (Fsp3) is 0.643. The quantitative estimate of drug-likeness (QED) is 0.769. The minimum atomic E-state index is -0.883. The van der Waals surface area contributed by atoms with E-state index in [9.17, 15) is 9.59 Å². The molecule has 0 radical (unpaired) electrons. The van der Waals surface area contributed by atoms with Gasteiger partial charge in [0, 0.05) is 18.0 Å². The van der Waals surface area contributed by atoms with Crippen molar-refractivity contribution in [3.63, 3.8) is 0 Å². The molecule has 0 saturated heterocycles. The van der Waals surface area contributed by atoms with Crippen LogP contribution >= 0.6 is 0 Å². The van der Waals surface area contributed by atoms with Crippen molar-refractivity contribution in [1.29, 1.82) is 0 Å². The lowest BCUT2D eigenvalue weighted by molar-refractivity contribution is -0.137. The molecule has 1 heterocycles. The molecule has 1 aromatic heterocycles. The average Bonchev–Trinajstić information content (AvgIpc) is 2.25. The van der Waals surface area contributed by atoms with Crippen LogP contribution in [-0.2, 0) is 4.79 Å². The SMILES string of the molecule is CC(C)c1nc(NC(CC(=O)O)C(C)(C)C)cc(=O)[nH]1. The van der Waals surface area contributed by atoms with Gasteiger partial charge < -0.3 is 15.4 Å². The fourth-order valence-electron chi connectivity index (χ4n) is 1.75. The van der Waals surface area contributed by atoms with Gasteiger partial charge in [-0.05, 0) is 5.41 Å². The van der Waals surface area contributed by atoms with E-state index in [0.717, 1.165) is 0 Å². The van der Waals surface area contributed by atoms with Gasteiger partial charge in [-0.15, -0.1) is 0 Å². The number of carboxylic acids is 1. The summed E-state index contributed by atoms with van der Waals surface area (Å²) < 4.78 is 0. The zero-order chi connectivity index (χ0) is 15.5. The summed E-state index contributed by atoms with van der Waals surface area (Å²) >= 11 is 0. The van der Waals surface area contributed by atoms with Crippen molar-refractivity contribution in [2.24, 2.45) is 5.41 Å². The van der Waals surface area contributed by atoms with Gasteiger partial charge in [0.25, 0.3) is 5.56 Å². The van der Waals surface area contributed by atoms with Gasteiger partial charge in [-0.25, -0.2) is 4.98 Å². The van der Waals surface area contributed by atoms with E-state index in [0.29, 0.717) is 11.6 Å². The number of aliphatic carboxylic acids is 1. The number of hydrogen-bond acceptors (Lipinski definition) is 4. The Morgan fingerprint density at radius 2 is 2.05 bits per heavy atom. The molecule has 6 nitrogen and oxygen atoms in total. The van der Waals surface area contributed by atoms with E-state index in [2.05, 4.69) is 15.3 Å². The van der Waals surface area contributed by atoms with E-state index in [1.54, 1.807) is 0 Å². The van der Waals surface area contributed by atoms with Gasteiger partial charge >= 0.3 is 5.97 Å². The number of hydrogen-bond donors (Lipinski definition) is 3. The zero-order valence-corrected chi connectivity index (χ0v) is 12.7. The van der Waals surface area contributed by atoms with Crippen LogP contribution in [0.2, 0.25) is 0 Å². The number of carboxylic acid groups (broad SMARTS) is 1. The van der Waals surface area contributed by atoms with Crippen LogP contribution in [0.25, 0.3) is 0 Å². The maximum Gasteiger partial charge on any atom is 0.305 e. The van der Waals surface area contributed by atoms with Crippen molar-refractivity contribution in [3.05, 3.63) is 22.2 Å². The molecule has 0 saturated carbocycles. The zero-order valence-electron chi connectivity index (χ0n) is 12.7. The Hall–Kier alpha value is -1.85. The number of carbonyl (C=O) groups is 1. The number of nitrogens with one attached hydrogen (secondary N) is 2. The van der Waals surface area contributed by atoms with Gasteiger partial charge in [0.05, 0.1) is 6.42 Å². The van der Waals surface area contributed by atoms with Gasteiger partial charge in [0.15, 0.2) is 0 Å². The van der Waals surface area contributed by atoms with Crippen LogP contribution < -0.4 is 10.9 Å². The standard InChI is InChI=1S/C14H23N3O3/c1-8(2)13-16-10(7-11(18)17-13)15-9(6-12(19)20)14(3,4)5/h7-9H,6H2,1-5H3,(H,19,20)(H2,15,16,17,18). The highest BCUT2D eigenvalue weighted by atomic mass is 16.4. The third-order valence-electron chi connectivity index (χ3n) is 3.05. The molecule has 1 unspecified atom stereocenters. The second-order valence-corrected chi connectivity index (χ2v) is 6.33. The summed E-state index contributed by atoms with van der Waals surface area (Å²) in [5, 5.41) is 12.1. The summed E-state index contributed by atoms with van der Waals surface area (Å²) in [4.78, 5) is 29.6. The summed E-state index contributed by atoms with van der Waals surface area (Å²) in [5.41, 5.74) is -0.505. The van der Waals surface area contributed by atoms with Crippen molar-refractivity contribution in [2.45, 2.75) is 53.0 Å². The Bertz CT molecular complexity index is 529. The predicted molar refractivity (Wildman–Crippen MR) is 78.1 cm³/mol. The third kappa shape index (κ3) is 4.68. The predicted octanol–water partition coefficient (Wildman–Crippen LogP) is 2.19. The molecule has 0 aliphatic rings. The molecule has 1 atom stereocenters. The molecule has 0 bridgehead atoms. The lowest BCUT2D eigenvalue weighted by atomic mass is 9.85. The minimum Gasteiger partial charge on any atom is -0.481 e. The first kappa shape index (κ1) is 16.2. The molecule has 20 heavy (non-hydrogen) atoms. The molecule has 6 heteroatoms. The van der Waals surface area contributed by atoms with Crippen molar-refractivity contribution in [2.75, 3.05) is 5.32 Å². The van der Waals surface area contributed by atoms with Gasteiger partial charge in [-0.2, -0.15) is 0 Å². The minimum absolute atomic E-state index is 0.0327. The second-order valence-electron chi connectivity index (χ2n) is 6.33. The highest BCUT2D eigenvalue weighted by Crippen LogP contribution is 2.25. The van der Waals surface area contributed by atoms with Crippen molar-refractivity contribution in [1.82, 2.24) is 9.97 Å². The molecule has 0 amide bonds. The first-order chi connectivity index (χ1) is 9.09. The summed E-state index contributed by atoms with van der Waals surface area (Å²) in [7, 11) is 0. The Balaban J connectivity index is 3.05. The summed E-state index contributed by atoms with van der Waals surface area (Å²) in [6.45, 7) is 9.71. The molecule has 0 spiro atoms. The largest absolute Gasteiger partial charge is 0.481 e. The Morgan fingerprint density at radius 1 is 1.45 bits per heavy atom. The summed E-state index contributed by atoms with van der Waals surface area (Å²) in [5.74, 6) is 0.213. The lowest BCUT2D eigenvalue weighted by Crippen LogP contribution is -2.36. The first-order valence-corrected chi connectivity index (χ1v) is 6.69. The highest BCUT2D eigenvalue weighted by molar-refractivity contribution is 5.68. The summed E-state index contributed by atoms with van der Waals surface area (Å²) in [6.07, 6.45) is -0.0327. The van der Waals surface area contributed by atoms with Crippen molar-refractivity contribution >= 4 is 11.8 Å². The fourth-order valence-corrected chi connectivity index (χ4v) is 1.75. The molecule has 0 aromatic carbocycles. The Morgan fingerprint density at radius 3 is 2.50 bits per heavy atom. The van der Waals surface area contributed by atoms with Crippen LogP contribution in [0, 0.1) is 5.41 Å². The van der Waals surface area contributed by atoms with E-state index in [1.807, 2.05) is 34.6 Å². The molecule has 112 valence electrons. The number of aromatic nitrogens is 2. The monoisotopic (exact) mass is 281 g/mol. The van der Waals surface area contributed by atoms with Gasteiger partial charge in [0.1, 0.15) is 11.6 Å². The number of H-pyrrole nitrogens is 1. The molecule has 0 aliphatic carbocycles. The molecule has 1 rings (SSSR count). The molecule has 1 aromatic rings. The van der Waals surface area contributed by atoms with Gasteiger partial charge in [0.2, 0.25) is 0 Å². The van der Waals surface area contributed by atoms with E-state index < -0.39 is 5.97 Å². The number of anilines is 1. The second kappa shape index (κ2) is 6.07. The average molecular weight is 281 g/mol. The first-order valence-electron chi connectivity index (χ1n) is 6.69. The number of aromatic amines is 1. The topological polar surface area (TPSA) is 95.1 Å². The van der Waals surface area contributed by atoms with E-state index in [4.69, 9.17) is 5.11 Å². The lowest BCUT2D eigenvalue weighted by Gasteiger charge is -2.30. The van der Waals surface area contributed by atoms with Crippen LogP contribution in [0.3, 0.4) is 0 Å². The number of rotatable bonds is 5. The van der Waals surface area contributed by atoms with Crippen LogP contribution in [0.15, 0.2) is 10.9 Å².